The normalized spacial score (nSPS) is 18.9. The molecule has 2 aromatic rings. The van der Waals surface area contributed by atoms with Gasteiger partial charge in [-0.2, -0.15) is 0 Å². The van der Waals surface area contributed by atoms with Crippen molar-refractivity contribution >= 4 is 21.4 Å². The zero-order valence-corrected chi connectivity index (χ0v) is 11.3. The van der Waals surface area contributed by atoms with Crippen molar-refractivity contribution in [2.24, 2.45) is 5.73 Å². The number of pyridine rings is 1. The van der Waals surface area contributed by atoms with Gasteiger partial charge in [-0.05, 0) is 40.9 Å². The van der Waals surface area contributed by atoms with E-state index in [4.69, 9.17) is 5.73 Å². The van der Waals surface area contributed by atoms with E-state index in [1.165, 1.54) is 12.8 Å². The monoisotopic (exact) mass is 293 g/mol. The molecule has 1 fully saturated rings. The van der Waals surface area contributed by atoms with E-state index in [2.05, 4.69) is 37.6 Å². The molecule has 1 saturated carbocycles. The lowest BCUT2D eigenvalue weighted by molar-refractivity contribution is 0.423. The Kier molecular flexibility index (Phi) is 2.71. The number of hydrogen-bond donors (Lipinski definition) is 1. The molecule has 90 valence electrons. The van der Waals surface area contributed by atoms with Crippen molar-refractivity contribution in [3.63, 3.8) is 0 Å². The summed E-state index contributed by atoms with van der Waals surface area (Å²) in [5.74, 6) is 1.13. The fourth-order valence-electron chi connectivity index (χ4n) is 2.93. The van der Waals surface area contributed by atoms with E-state index in [1.807, 2.05) is 12.3 Å². The van der Waals surface area contributed by atoms with Gasteiger partial charge < -0.3 is 10.1 Å². The molecule has 3 nitrogen and oxygen atoms in total. The average molecular weight is 294 g/mol. The molecule has 3 rings (SSSR count). The second-order valence-electron chi connectivity index (χ2n) is 4.92. The number of nitrogens with zero attached hydrogens (tertiary/aromatic N) is 2. The summed E-state index contributed by atoms with van der Waals surface area (Å²) in [4.78, 5) is 4.62. The topological polar surface area (TPSA) is 43.3 Å². The molecule has 1 aliphatic rings. The van der Waals surface area contributed by atoms with Gasteiger partial charge >= 0.3 is 0 Å². The molecule has 0 spiro atoms. The standard InChI is InChI=1S/C13H16BrN3/c14-10-3-4-11-7-16-12(17(11)8-10)13(9-15)5-1-2-6-13/h3-4,7-8H,1-2,5-6,9,15H2. The lowest BCUT2D eigenvalue weighted by Crippen LogP contribution is -2.34. The molecule has 0 amide bonds. The smallest absolute Gasteiger partial charge is 0.120 e. The Hall–Kier alpha value is -0.870. The second-order valence-corrected chi connectivity index (χ2v) is 5.83. The van der Waals surface area contributed by atoms with Gasteiger partial charge in [-0.15, -0.1) is 0 Å². The third kappa shape index (κ3) is 1.70. The van der Waals surface area contributed by atoms with Crippen LogP contribution in [0.25, 0.3) is 5.52 Å². The van der Waals surface area contributed by atoms with Crippen molar-refractivity contribution in [1.29, 1.82) is 0 Å². The molecule has 0 aromatic carbocycles. The highest BCUT2D eigenvalue weighted by atomic mass is 79.9. The molecule has 0 saturated heterocycles. The summed E-state index contributed by atoms with van der Waals surface area (Å²) in [6.07, 6.45) is 8.88. The second kappa shape index (κ2) is 4.10. The first-order chi connectivity index (χ1) is 8.25. The summed E-state index contributed by atoms with van der Waals surface area (Å²) < 4.78 is 3.26. The van der Waals surface area contributed by atoms with Crippen molar-refractivity contribution in [3.8, 4) is 0 Å². The van der Waals surface area contributed by atoms with E-state index >= 15 is 0 Å². The molecule has 1 aliphatic carbocycles. The third-order valence-corrected chi connectivity index (χ3v) is 4.39. The predicted molar refractivity (Wildman–Crippen MR) is 72.1 cm³/mol. The molecule has 0 unspecified atom stereocenters. The Morgan fingerprint density at radius 3 is 2.82 bits per heavy atom. The van der Waals surface area contributed by atoms with Gasteiger partial charge in [0.25, 0.3) is 0 Å². The summed E-state index contributed by atoms with van der Waals surface area (Å²) in [7, 11) is 0. The largest absolute Gasteiger partial charge is 0.329 e. The van der Waals surface area contributed by atoms with Crippen molar-refractivity contribution in [1.82, 2.24) is 9.38 Å². The highest BCUT2D eigenvalue weighted by Crippen LogP contribution is 2.39. The van der Waals surface area contributed by atoms with Gasteiger partial charge in [0.1, 0.15) is 5.82 Å². The fourth-order valence-corrected chi connectivity index (χ4v) is 3.26. The minimum Gasteiger partial charge on any atom is -0.329 e. The Bertz CT molecular complexity index is 541. The van der Waals surface area contributed by atoms with E-state index in [-0.39, 0.29) is 5.41 Å². The molecule has 0 atom stereocenters. The van der Waals surface area contributed by atoms with Gasteiger partial charge in [0.05, 0.1) is 11.7 Å². The van der Waals surface area contributed by atoms with E-state index < -0.39 is 0 Å². The predicted octanol–water partition coefficient (Wildman–Crippen LogP) is 2.87. The number of imidazole rings is 1. The van der Waals surface area contributed by atoms with Crippen LogP contribution in [0.15, 0.2) is 29.0 Å². The van der Waals surface area contributed by atoms with Gasteiger partial charge in [-0.3, -0.25) is 0 Å². The van der Waals surface area contributed by atoms with Crippen LogP contribution in [-0.4, -0.2) is 15.9 Å². The van der Waals surface area contributed by atoms with Crippen LogP contribution in [0.2, 0.25) is 0 Å². The minimum atomic E-state index is 0.0905. The quantitative estimate of drug-likeness (QED) is 0.925. The van der Waals surface area contributed by atoms with E-state index in [0.29, 0.717) is 6.54 Å². The zero-order valence-electron chi connectivity index (χ0n) is 9.69. The molecule has 0 aliphatic heterocycles. The van der Waals surface area contributed by atoms with Gasteiger partial charge in [0.15, 0.2) is 0 Å². The lowest BCUT2D eigenvalue weighted by atomic mass is 9.85. The zero-order chi connectivity index (χ0) is 11.9. The Labute approximate surface area is 109 Å². The summed E-state index contributed by atoms with van der Waals surface area (Å²) in [6.45, 7) is 0.693. The van der Waals surface area contributed by atoms with Gasteiger partial charge in [-0.1, -0.05) is 12.8 Å². The highest BCUT2D eigenvalue weighted by molar-refractivity contribution is 9.10. The van der Waals surface area contributed by atoms with Crippen molar-refractivity contribution in [2.75, 3.05) is 6.54 Å². The lowest BCUT2D eigenvalue weighted by Gasteiger charge is -2.25. The minimum absolute atomic E-state index is 0.0905. The van der Waals surface area contributed by atoms with Gasteiger partial charge in [0.2, 0.25) is 0 Å². The number of fused-ring (bicyclic) bond motifs is 1. The van der Waals surface area contributed by atoms with E-state index in [9.17, 15) is 0 Å². The van der Waals surface area contributed by atoms with Crippen LogP contribution in [0.5, 0.6) is 0 Å². The molecular formula is C13H16BrN3. The molecular weight excluding hydrogens is 278 g/mol. The summed E-state index contributed by atoms with van der Waals surface area (Å²) in [5, 5.41) is 0. The van der Waals surface area contributed by atoms with Crippen LogP contribution >= 0.6 is 15.9 Å². The first-order valence-electron chi connectivity index (χ1n) is 6.08. The van der Waals surface area contributed by atoms with Crippen LogP contribution < -0.4 is 5.73 Å². The number of hydrogen-bond acceptors (Lipinski definition) is 2. The molecule has 2 heterocycles. The first-order valence-corrected chi connectivity index (χ1v) is 6.88. The molecule has 0 radical (unpaired) electrons. The molecule has 2 N–H and O–H groups in total. The molecule has 2 aromatic heterocycles. The fraction of sp³-hybridized carbons (Fsp3) is 0.462. The maximum absolute atomic E-state index is 6.02. The Morgan fingerprint density at radius 1 is 1.35 bits per heavy atom. The summed E-state index contributed by atoms with van der Waals surface area (Å²) in [6, 6.07) is 4.13. The number of rotatable bonds is 2. The SMILES string of the molecule is NCC1(c2ncc3ccc(Br)cn23)CCCC1. The number of aromatic nitrogens is 2. The molecule has 17 heavy (non-hydrogen) atoms. The molecule has 4 heteroatoms. The van der Waals surface area contributed by atoms with Crippen LogP contribution in [-0.2, 0) is 5.41 Å². The van der Waals surface area contributed by atoms with Crippen LogP contribution in [0.3, 0.4) is 0 Å². The van der Waals surface area contributed by atoms with E-state index in [1.54, 1.807) is 0 Å². The molecule has 0 bridgehead atoms. The summed E-state index contributed by atoms with van der Waals surface area (Å²) in [5.41, 5.74) is 7.26. The van der Waals surface area contributed by atoms with Crippen LogP contribution in [0.4, 0.5) is 0 Å². The maximum Gasteiger partial charge on any atom is 0.120 e. The van der Waals surface area contributed by atoms with Gasteiger partial charge in [0, 0.05) is 22.6 Å². The van der Waals surface area contributed by atoms with E-state index in [0.717, 1.165) is 28.7 Å². The average Bonchev–Trinajstić information content (AvgIpc) is 2.94. The Morgan fingerprint density at radius 2 is 2.12 bits per heavy atom. The van der Waals surface area contributed by atoms with Crippen molar-refractivity contribution in [3.05, 3.63) is 34.8 Å². The van der Waals surface area contributed by atoms with Crippen molar-refractivity contribution < 1.29 is 0 Å². The van der Waals surface area contributed by atoms with Crippen LogP contribution in [0, 0.1) is 0 Å². The van der Waals surface area contributed by atoms with Gasteiger partial charge in [-0.25, -0.2) is 4.98 Å². The number of nitrogens with two attached hydrogens (primary N) is 1. The third-order valence-electron chi connectivity index (χ3n) is 3.92. The van der Waals surface area contributed by atoms with Crippen LogP contribution in [0.1, 0.15) is 31.5 Å². The highest BCUT2D eigenvalue weighted by Gasteiger charge is 2.37. The number of halogens is 1. The summed E-state index contributed by atoms with van der Waals surface area (Å²) >= 11 is 3.52. The maximum atomic E-state index is 6.02. The Balaban J connectivity index is 2.19. The first kappa shape index (κ1) is 11.2. The van der Waals surface area contributed by atoms with Crippen molar-refractivity contribution in [2.45, 2.75) is 31.1 Å².